The van der Waals surface area contributed by atoms with Gasteiger partial charge >= 0.3 is 0 Å². The number of thiocarbonyl (C=S) groups is 1. The molecule has 0 unspecified atom stereocenters. The predicted molar refractivity (Wildman–Crippen MR) is 136 cm³/mol. The van der Waals surface area contributed by atoms with Crippen molar-refractivity contribution in [3.05, 3.63) is 81.1 Å². The van der Waals surface area contributed by atoms with Crippen molar-refractivity contribution in [2.45, 2.75) is 32.4 Å². The Morgan fingerprint density at radius 3 is 2.64 bits per heavy atom. The number of carbonyl (C=O) groups excluding carboxylic acids is 1. The SMILES string of the molecule is CC[C@H](C)N1C(=O)/C(=C/c2c(NC[C@H](O)c3ccccc3)nc3ccccn3c2=O)SC1=S. The number of carbonyl (C=O) groups is 1. The molecule has 2 N–H and O–H groups in total. The highest BCUT2D eigenvalue weighted by atomic mass is 32.2. The van der Waals surface area contributed by atoms with Crippen LogP contribution in [0.1, 0.15) is 37.5 Å². The van der Waals surface area contributed by atoms with Gasteiger partial charge in [0.15, 0.2) is 0 Å². The fraction of sp³-hybridized carbons (Fsp3) is 0.250. The number of aromatic nitrogens is 2. The quantitative estimate of drug-likeness (QED) is 0.392. The van der Waals surface area contributed by atoms with Crippen molar-refractivity contribution in [3.8, 4) is 0 Å². The van der Waals surface area contributed by atoms with Crippen LogP contribution in [0.3, 0.4) is 0 Å². The van der Waals surface area contributed by atoms with Crippen molar-refractivity contribution in [1.82, 2.24) is 14.3 Å². The third-order valence-corrected chi connectivity index (χ3v) is 6.88. The first-order chi connectivity index (χ1) is 15.9. The Labute approximate surface area is 201 Å². The average Bonchev–Trinajstić information content (AvgIpc) is 3.12. The summed E-state index contributed by atoms with van der Waals surface area (Å²) >= 11 is 6.60. The zero-order valence-electron chi connectivity index (χ0n) is 18.3. The van der Waals surface area contributed by atoms with E-state index in [9.17, 15) is 14.7 Å². The molecular formula is C24H24N4O3S2. The number of benzene rings is 1. The zero-order chi connectivity index (χ0) is 23.5. The van der Waals surface area contributed by atoms with Gasteiger partial charge in [-0.3, -0.25) is 18.9 Å². The number of aliphatic hydroxyl groups is 1. The van der Waals surface area contributed by atoms with E-state index < -0.39 is 6.10 Å². The molecule has 2 atom stereocenters. The highest BCUT2D eigenvalue weighted by Gasteiger charge is 2.35. The van der Waals surface area contributed by atoms with Crippen LogP contribution in [-0.4, -0.2) is 42.2 Å². The molecule has 0 spiro atoms. The maximum absolute atomic E-state index is 13.3. The number of amides is 1. The van der Waals surface area contributed by atoms with Crippen molar-refractivity contribution >= 4 is 51.7 Å². The topological polar surface area (TPSA) is 86.9 Å². The molecule has 9 heteroatoms. The molecule has 33 heavy (non-hydrogen) atoms. The summed E-state index contributed by atoms with van der Waals surface area (Å²) < 4.78 is 1.91. The number of nitrogens with one attached hydrogen (secondary N) is 1. The van der Waals surface area contributed by atoms with Crippen molar-refractivity contribution in [1.29, 1.82) is 0 Å². The van der Waals surface area contributed by atoms with E-state index in [1.165, 1.54) is 16.2 Å². The van der Waals surface area contributed by atoms with Crippen molar-refractivity contribution < 1.29 is 9.90 Å². The molecule has 0 aliphatic carbocycles. The minimum Gasteiger partial charge on any atom is -0.387 e. The van der Waals surface area contributed by atoms with Gasteiger partial charge in [-0.25, -0.2) is 4.98 Å². The lowest BCUT2D eigenvalue weighted by molar-refractivity contribution is -0.123. The van der Waals surface area contributed by atoms with E-state index in [1.807, 2.05) is 44.2 Å². The van der Waals surface area contributed by atoms with Crippen LogP contribution in [0, 0.1) is 0 Å². The predicted octanol–water partition coefficient (Wildman–Crippen LogP) is 3.84. The minimum absolute atomic E-state index is 0.0298. The van der Waals surface area contributed by atoms with E-state index in [2.05, 4.69) is 10.3 Å². The Morgan fingerprint density at radius 2 is 1.91 bits per heavy atom. The largest absolute Gasteiger partial charge is 0.387 e. The highest BCUT2D eigenvalue weighted by molar-refractivity contribution is 8.26. The first-order valence-corrected chi connectivity index (χ1v) is 11.9. The lowest BCUT2D eigenvalue weighted by Gasteiger charge is -2.21. The smallest absolute Gasteiger partial charge is 0.267 e. The summed E-state index contributed by atoms with van der Waals surface area (Å²) in [4.78, 5) is 32.9. The third kappa shape index (κ3) is 4.71. The molecule has 7 nitrogen and oxygen atoms in total. The Morgan fingerprint density at radius 1 is 1.18 bits per heavy atom. The molecule has 2 aromatic heterocycles. The molecule has 3 aromatic rings. The summed E-state index contributed by atoms with van der Waals surface area (Å²) in [6, 6.07) is 14.5. The lowest BCUT2D eigenvalue weighted by atomic mass is 10.1. The Bertz CT molecular complexity index is 1290. The second-order valence-electron chi connectivity index (χ2n) is 7.72. The van der Waals surface area contributed by atoms with Crippen LogP contribution >= 0.6 is 24.0 Å². The van der Waals surface area contributed by atoms with Crippen molar-refractivity contribution in [3.63, 3.8) is 0 Å². The first-order valence-electron chi connectivity index (χ1n) is 10.7. The van der Waals surface area contributed by atoms with Crippen LogP contribution in [0.4, 0.5) is 5.82 Å². The van der Waals surface area contributed by atoms with Crippen LogP contribution in [0.5, 0.6) is 0 Å². The molecule has 1 aliphatic rings. The number of hydrogen-bond acceptors (Lipinski definition) is 7. The molecule has 0 bridgehead atoms. The summed E-state index contributed by atoms with van der Waals surface area (Å²) in [7, 11) is 0. The maximum atomic E-state index is 13.3. The summed E-state index contributed by atoms with van der Waals surface area (Å²) in [5.74, 6) is 0.0853. The molecule has 0 radical (unpaired) electrons. The van der Waals surface area contributed by atoms with Crippen LogP contribution < -0.4 is 10.9 Å². The van der Waals surface area contributed by atoms with E-state index in [1.54, 1.807) is 35.4 Å². The van der Waals surface area contributed by atoms with E-state index >= 15 is 0 Å². The van der Waals surface area contributed by atoms with Gasteiger partial charge in [0.25, 0.3) is 11.5 Å². The number of rotatable bonds is 7. The van der Waals surface area contributed by atoms with Crippen LogP contribution in [0.2, 0.25) is 0 Å². The Hall–Kier alpha value is -3.01. The molecule has 1 fully saturated rings. The molecule has 1 amide bonds. The molecule has 1 aliphatic heterocycles. The highest BCUT2D eigenvalue weighted by Crippen LogP contribution is 2.34. The summed E-state index contributed by atoms with van der Waals surface area (Å²) in [5.41, 5.74) is 1.14. The third-order valence-electron chi connectivity index (χ3n) is 5.55. The van der Waals surface area contributed by atoms with Gasteiger partial charge in [-0.1, -0.05) is 67.3 Å². The molecule has 4 rings (SSSR count). The van der Waals surface area contributed by atoms with Crippen LogP contribution in [0.15, 0.2) is 64.4 Å². The molecule has 0 saturated carbocycles. The number of hydrogen-bond donors (Lipinski definition) is 2. The van der Waals surface area contributed by atoms with Gasteiger partial charge < -0.3 is 10.4 Å². The number of pyridine rings is 1. The van der Waals surface area contributed by atoms with Gasteiger partial charge in [0.1, 0.15) is 15.8 Å². The van der Waals surface area contributed by atoms with E-state index in [0.29, 0.717) is 20.7 Å². The summed E-state index contributed by atoms with van der Waals surface area (Å²) in [6.45, 7) is 4.08. The number of nitrogens with zero attached hydrogens (tertiary/aromatic N) is 3. The lowest BCUT2D eigenvalue weighted by Crippen LogP contribution is -2.36. The number of fused-ring (bicyclic) bond motifs is 1. The maximum Gasteiger partial charge on any atom is 0.267 e. The zero-order valence-corrected chi connectivity index (χ0v) is 19.9. The van der Waals surface area contributed by atoms with Crippen molar-refractivity contribution in [2.24, 2.45) is 0 Å². The van der Waals surface area contributed by atoms with Gasteiger partial charge in [0.05, 0.1) is 16.6 Å². The molecule has 1 saturated heterocycles. The average molecular weight is 481 g/mol. The number of aliphatic hydroxyl groups excluding tert-OH is 1. The van der Waals surface area contributed by atoms with Crippen LogP contribution in [0.25, 0.3) is 11.7 Å². The first kappa shape index (κ1) is 23.2. The van der Waals surface area contributed by atoms with Gasteiger partial charge in [-0.05, 0) is 37.1 Å². The van der Waals surface area contributed by atoms with Crippen molar-refractivity contribution in [2.75, 3.05) is 11.9 Å². The number of anilines is 1. The fourth-order valence-corrected chi connectivity index (χ4v) is 4.97. The Kier molecular flexibility index (Phi) is 6.92. The molecule has 3 heterocycles. The molecule has 1 aromatic carbocycles. The Balaban J connectivity index is 1.73. The standard InChI is InChI=1S/C24H24N4O3S2/c1-3-15(2)28-23(31)19(33-24(28)32)13-17-21(25-14-18(29)16-9-5-4-6-10-16)26-20-11-7-8-12-27(20)22(17)30/h4-13,15,18,25,29H,3,14H2,1-2H3/b19-13-/t15-,18-/m0/s1. The van der Waals surface area contributed by atoms with E-state index in [-0.39, 0.29) is 29.6 Å². The normalized spacial score (nSPS) is 17.1. The van der Waals surface area contributed by atoms with E-state index in [4.69, 9.17) is 12.2 Å². The summed E-state index contributed by atoms with van der Waals surface area (Å²) in [5, 5.41) is 13.7. The second kappa shape index (κ2) is 9.86. The number of thioether (sulfide) groups is 1. The summed E-state index contributed by atoms with van der Waals surface area (Å²) in [6.07, 6.45) is 3.16. The molecule has 170 valence electrons. The monoisotopic (exact) mass is 480 g/mol. The fourth-order valence-electron chi connectivity index (χ4n) is 3.53. The van der Waals surface area contributed by atoms with E-state index in [0.717, 1.165) is 12.0 Å². The van der Waals surface area contributed by atoms with Gasteiger partial charge in [0.2, 0.25) is 0 Å². The van der Waals surface area contributed by atoms with Gasteiger partial charge in [-0.2, -0.15) is 0 Å². The minimum atomic E-state index is -0.793. The van der Waals surface area contributed by atoms with Gasteiger partial charge in [0, 0.05) is 18.8 Å². The second-order valence-corrected chi connectivity index (χ2v) is 9.40. The van der Waals surface area contributed by atoms with Crippen LogP contribution in [-0.2, 0) is 4.79 Å². The molecular weight excluding hydrogens is 456 g/mol. The van der Waals surface area contributed by atoms with Gasteiger partial charge in [-0.15, -0.1) is 0 Å².